The minimum absolute atomic E-state index is 0.183. The molecule has 1 aliphatic heterocycles. The molecule has 33 heavy (non-hydrogen) atoms. The molecule has 0 saturated carbocycles. The van der Waals surface area contributed by atoms with Crippen LogP contribution in [-0.4, -0.2) is 43.0 Å². The predicted molar refractivity (Wildman–Crippen MR) is 139 cm³/mol. The highest BCUT2D eigenvalue weighted by molar-refractivity contribution is 6.35. The van der Waals surface area contributed by atoms with Crippen LogP contribution in [0.15, 0.2) is 72.8 Å². The van der Waals surface area contributed by atoms with E-state index in [1.54, 1.807) is 18.2 Å². The van der Waals surface area contributed by atoms with Gasteiger partial charge in [0.05, 0.1) is 10.7 Å². The Kier molecular flexibility index (Phi) is 7.76. The van der Waals surface area contributed by atoms with Gasteiger partial charge in [-0.2, -0.15) is 0 Å². The molecule has 0 bridgehead atoms. The van der Waals surface area contributed by atoms with E-state index in [4.69, 9.17) is 23.2 Å². The lowest BCUT2D eigenvalue weighted by atomic mass is 10.2. The first-order valence-electron chi connectivity index (χ1n) is 11.1. The van der Waals surface area contributed by atoms with Crippen LogP contribution in [0, 0.1) is 0 Å². The molecule has 172 valence electrons. The van der Waals surface area contributed by atoms with Gasteiger partial charge in [-0.15, -0.1) is 0 Å². The number of carbonyl (C=O) groups excluding carboxylic acids is 1. The Morgan fingerprint density at radius 2 is 1.64 bits per heavy atom. The number of anilines is 3. The van der Waals surface area contributed by atoms with Crippen molar-refractivity contribution in [1.29, 1.82) is 0 Å². The van der Waals surface area contributed by atoms with E-state index < -0.39 is 6.04 Å². The molecule has 2 N–H and O–H groups in total. The maximum atomic E-state index is 12.6. The summed E-state index contributed by atoms with van der Waals surface area (Å²) >= 11 is 12.1. The molecule has 0 aromatic heterocycles. The van der Waals surface area contributed by atoms with Gasteiger partial charge in [-0.05, 0) is 55.0 Å². The van der Waals surface area contributed by atoms with Gasteiger partial charge in [0.1, 0.15) is 6.04 Å². The summed E-state index contributed by atoms with van der Waals surface area (Å²) in [6.07, 6.45) is 0. The second kappa shape index (κ2) is 10.9. The van der Waals surface area contributed by atoms with Gasteiger partial charge in [-0.25, -0.2) is 0 Å². The first-order valence-corrected chi connectivity index (χ1v) is 11.9. The Hall–Kier alpha value is -2.73. The highest BCUT2D eigenvalue weighted by Crippen LogP contribution is 2.26. The number of piperazine rings is 1. The molecule has 1 amide bonds. The van der Waals surface area contributed by atoms with Crippen LogP contribution in [0.3, 0.4) is 0 Å². The number of hydrogen-bond acceptors (Lipinski definition) is 4. The zero-order valence-corrected chi connectivity index (χ0v) is 20.1. The molecule has 1 atom stereocenters. The van der Waals surface area contributed by atoms with E-state index in [2.05, 4.69) is 62.9 Å². The molecule has 7 heteroatoms. The minimum atomic E-state index is -0.438. The Bertz CT molecular complexity index is 1070. The minimum Gasteiger partial charge on any atom is -0.374 e. The highest BCUT2D eigenvalue weighted by atomic mass is 35.5. The van der Waals surface area contributed by atoms with Gasteiger partial charge in [0.25, 0.3) is 0 Å². The first-order chi connectivity index (χ1) is 16.0. The van der Waals surface area contributed by atoms with Crippen molar-refractivity contribution in [1.82, 2.24) is 4.90 Å². The molecule has 3 aromatic rings. The molecular formula is C26H28Cl2N4O. The summed E-state index contributed by atoms with van der Waals surface area (Å²) < 4.78 is 0. The topological polar surface area (TPSA) is 47.6 Å². The molecule has 3 aromatic carbocycles. The number of amides is 1. The van der Waals surface area contributed by atoms with Crippen LogP contribution in [0.4, 0.5) is 17.1 Å². The zero-order valence-electron chi connectivity index (χ0n) is 18.6. The SMILES string of the molecule is CC(Nc1ccc(N2CCN(Cc3ccccc3)CC2)cc1)C(=O)Nc1cc(Cl)ccc1Cl. The van der Waals surface area contributed by atoms with E-state index in [-0.39, 0.29) is 5.91 Å². The average Bonchev–Trinajstić information content (AvgIpc) is 2.83. The van der Waals surface area contributed by atoms with E-state index >= 15 is 0 Å². The van der Waals surface area contributed by atoms with Crippen LogP contribution in [0.5, 0.6) is 0 Å². The Morgan fingerprint density at radius 1 is 0.939 bits per heavy atom. The van der Waals surface area contributed by atoms with Gasteiger partial charge in [-0.1, -0.05) is 53.5 Å². The summed E-state index contributed by atoms with van der Waals surface area (Å²) in [6, 6.07) is 23.4. The lowest BCUT2D eigenvalue weighted by Crippen LogP contribution is -2.45. The van der Waals surface area contributed by atoms with Crippen LogP contribution in [-0.2, 0) is 11.3 Å². The highest BCUT2D eigenvalue weighted by Gasteiger charge is 2.18. The summed E-state index contributed by atoms with van der Waals surface area (Å²) in [7, 11) is 0. The normalized spacial score (nSPS) is 15.2. The second-order valence-electron chi connectivity index (χ2n) is 8.28. The predicted octanol–water partition coefficient (Wildman–Crippen LogP) is 5.75. The van der Waals surface area contributed by atoms with E-state index in [9.17, 15) is 4.79 Å². The van der Waals surface area contributed by atoms with Gasteiger partial charge in [-0.3, -0.25) is 9.69 Å². The molecular weight excluding hydrogens is 455 g/mol. The Morgan fingerprint density at radius 3 is 2.33 bits per heavy atom. The van der Waals surface area contributed by atoms with Gasteiger partial charge < -0.3 is 15.5 Å². The van der Waals surface area contributed by atoms with Gasteiger partial charge in [0.2, 0.25) is 5.91 Å². The van der Waals surface area contributed by atoms with Gasteiger partial charge in [0, 0.05) is 49.1 Å². The molecule has 1 aliphatic rings. The fraction of sp³-hybridized carbons (Fsp3) is 0.269. The number of halogens is 2. The monoisotopic (exact) mass is 482 g/mol. The van der Waals surface area contributed by atoms with E-state index in [0.29, 0.717) is 15.7 Å². The molecule has 1 fully saturated rings. The second-order valence-corrected chi connectivity index (χ2v) is 9.12. The molecule has 1 saturated heterocycles. The zero-order chi connectivity index (χ0) is 23.2. The molecule has 0 radical (unpaired) electrons. The molecule has 1 heterocycles. The summed E-state index contributed by atoms with van der Waals surface area (Å²) in [5, 5.41) is 7.04. The van der Waals surface area contributed by atoms with E-state index in [1.165, 1.54) is 11.3 Å². The van der Waals surface area contributed by atoms with Crippen molar-refractivity contribution in [2.75, 3.05) is 41.7 Å². The molecule has 0 aliphatic carbocycles. The number of nitrogens with one attached hydrogen (secondary N) is 2. The Labute approximate surface area is 205 Å². The van der Waals surface area contributed by atoms with Crippen molar-refractivity contribution >= 4 is 46.2 Å². The van der Waals surface area contributed by atoms with Crippen LogP contribution in [0.1, 0.15) is 12.5 Å². The summed E-state index contributed by atoms with van der Waals surface area (Å²) in [4.78, 5) is 17.5. The molecule has 4 rings (SSSR count). The molecule has 0 spiro atoms. The Balaban J connectivity index is 1.27. The standard InChI is InChI=1S/C26H28Cl2N4O/c1-19(26(33)30-25-17-21(27)7-12-24(25)28)29-22-8-10-23(11-9-22)32-15-13-31(14-16-32)18-20-5-3-2-4-6-20/h2-12,17,19,29H,13-16,18H2,1H3,(H,30,33). The number of carbonyl (C=O) groups is 1. The van der Waals surface area contributed by atoms with E-state index in [1.807, 2.05) is 19.1 Å². The summed E-state index contributed by atoms with van der Waals surface area (Å²) in [6.45, 7) is 6.89. The van der Waals surface area contributed by atoms with Crippen LogP contribution in [0.25, 0.3) is 0 Å². The van der Waals surface area contributed by atoms with E-state index in [0.717, 1.165) is 38.4 Å². The largest absolute Gasteiger partial charge is 0.374 e. The first kappa shape index (κ1) is 23.4. The van der Waals surface area contributed by atoms with Crippen molar-refractivity contribution in [2.24, 2.45) is 0 Å². The fourth-order valence-electron chi connectivity index (χ4n) is 3.92. The van der Waals surface area contributed by atoms with Crippen molar-refractivity contribution in [3.63, 3.8) is 0 Å². The van der Waals surface area contributed by atoms with Crippen LogP contribution >= 0.6 is 23.2 Å². The van der Waals surface area contributed by atoms with Crippen molar-refractivity contribution < 1.29 is 4.79 Å². The third-order valence-corrected chi connectivity index (χ3v) is 6.38. The number of benzene rings is 3. The van der Waals surface area contributed by atoms with Gasteiger partial charge >= 0.3 is 0 Å². The number of hydrogen-bond donors (Lipinski definition) is 2. The van der Waals surface area contributed by atoms with Crippen LogP contribution in [0.2, 0.25) is 10.0 Å². The van der Waals surface area contributed by atoms with Crippen molar-refractivity contribution in [3.05, 3.63) is 88.4 Å². The average molecular weight is 483 g/mol. The number of nitrogens with zero attached hydrogens (tertiary/aromatic N) is 2. The third kappa shape index (κ3) is 6.41. The van der Waals surface area contributed by atoms with Crippen molar-refractivity contribution in [3.8, 4) is 0 Å². The fourth-order valence-corrected chi connectivity index (χ4v) is 4.26. The summed E-state index contributed by atoms with van der Waals surface area (Å²) in [5.74, 6) is -0.183. The third-order valence-electron chi connectivity index (χ3n) is 5.82. The maximum absolute atomic E-state index is 12.6. The van der Waals surface area contributed by atoms with Crippen molar-refractivity contribution in [2.45, 2.75) is 19.5 Å². The smallest absolute Gasteiger partial charge is 0.246 e. The lowest BCUT2D eigenvalue weighted by molar-refractivity contribution is -0.116. The van der Waals surface area contributed by atoms with Crippen LogP contribution < -0.4 is 15.5 Å². The maximum Gasteiger partial charge on any atom is 0.246 e. The van der Waals surface area contributed by atoms with Gasteiger partial charge in [0.15, 0.2) is 0 Å². The quantitative estimate of drug-likeness (QED) is 0.449. The number of rotatable bonds is 7. The molecule has 1 unspecified atom stereocenters. The summed E-state index contributed by atoms with van der Waals surface area (Å²) in [5.41, 5.74) is 3.95. The lowest BCUT2D eigenvalue weighted by Gasteiger charge is -2.36. The molecule has 5 nitrogen and oxygen atoms in total.